The molecule has 1 N–H and O–H groups in total. The molecule has 12 aliphatic carbocycles. The van der Waals surface area contributed by atoms with Gasteiger partial charge < -0.3 is 47.7 Å². The molecule has 0 amide bonds. The summed E-state index contributed by atoms with van der Waals surface area (Å²) in [6, 6.07) is 0. The molecule has 12 saturated carbocycles. The van der Waals surface area contributed by atoms with E-state index in [0.29, 0.717) is 42.6 Å². The fraction of sp³-hybridized carbons (Fsp3) is 0.760. The maximum atomic E-state index is 11.8. The lowest BCUT2D eigenvalue weighted by Gasteiger charge is -2.59. The van der Waals surface area contributed by atoms with Crippen molar-refractivity contribution >= 4 is 36.4 Å². The number of hydrogen-bond acceptors (Lipinski definition) is 16. The molecular weight excluding hydrogens is 857 g/mol. The summed E-state index contributed by atoms with van der Waals surface area (Å²) in [5.41, 5.74) is -0.0743. The van der Waals surface area contributed by atoms with Crippen molar-refractivity contribution in [2.45, 2.75) is 148 Å². The van der Waals surface area contributed by atoms with Gasteiger partial charge in [0.1, 0.15) is 18.8 Å². The first-order valence-corrected chi connectivity index (χ1v) is 23.9. The molecule has 2 atom stereocenters. The van der Waals surface area contributed by atoms with Crippen LogP contribution in [0.1, 0.15) is 136 Å². The van der Waals surface area contributed by atoms with Gasteiger partial charge in [-0.2, -0.15) is 0 Å². The van der Waals surface area contributed by atoms with Gasteiger partial charge in [-0.25, -0.2) is 28.8 Å². The highest BCUT2D eigenvalue weighted by Gasteiger charge is 2.58. The van der Waals surface area contributed by atoms with Gasteiger partial charge in [0.15, 0.2) is 0 Å². The zero-order chi connectivity index (χ0) is 47.4. The van der Waals surface area contributed by atoms with E-state index in [4.69, 9.17) is 37.9 Å². The summed E-state index contributed by atoms with van der Waals surface area (Å²) >= 11 is 0. The molecule has 66 heavy (non-hydrogen) atoms. The van der Waals surface area contributed by atoms with Crippen molar-refractivity contribution in [3.8, 4) is 0 Å². The van der Waals surface area contributed by atoms with E-state index in [0.717, 1.165) is 62.7 Å². The van der Waals surface area contributed by atoms with Crippen molar-refractivity contribution in [3.05, 3.63) is 36.5 Å². The summed E-state index contributed by atoms with van der Waals surface area (Å²) in [6.07, 6.45) is 17.7. The first-order valence-electron chi connectivity index (χ1n) is 23.9. The lowest BCUT2D eigenvalue weighted by Crippen LogP contribution is -2.57. The van der Waals surface area contributed by atoms with E-state index in [-0.39, 0.29) is 39.8 Å². The number of esters is 3. The van der Waals surface area contributed by atoms with Gasteiger partial charge in [0, 0.05) is 27.5 Å². The number of carbonyl (C=O) groups excluding carboxylic acids is 6. The van der Waals surface area contributed by atoms with E-state index in [1.807, 2.05) is 0 Å². The normalized spacial score (nSPS) is 36.2. The molecule has 12 aliphatic rings. The number of aliphatic hydroxyl groups is 1. The fourth-order valence-electron chi connectivity index (χ4n) is 14.7. The largest absolute Gasteiger partial charge is 0.511 e. The number of hydrogen-bond donors (Lipinski definition) is 1. The Morgan fingerprint density at radius 3 is 1.11 bits per heavy atom. The Balaban J connectivity index is 0.000000147. The van der Waals surface area contributed by atoms with Crippen LogP contribution in [0.25, 0.3) is 0 Å². The van der Waals surface area contributed by atoms with Crippen molar-refractivity contribution in [1.29, 1.82) is 0 Å². The van der Waals surface area contributed by atoms with Gasteiger partial charge in [-0.05, 0) is 184 Å². The van der Waals surface area contributed by atoms with Gasteiger partial charge in [-0.3, -0.25) is 0 Å². The minimum atomic E-state index is -0.845. The van der Waals surface area contributed by atoms with Gasteiger partial charge in [-0.1, -0.05) is 19.7 Å². The molecule has 12 rings (SSSR count). The fourth-order valence-corrected chi connectivity index (χ4v) is 14.7. The quantitative estimate of drug-likeness (QED) is 0.0746. The Labute approximate surface area is 387 Å². The zero-order valence-corrected chi connectivity index (χ0v) is 39.1. The molecule has 366 valence electrons. The smallest absolute Gasteiger partial charge is 0.434 e. The van der Waals surface area contributed by atoms with Crippen LogP contribution in [0.4, 0.5) is 14.4 Å². The lowest BCUT2D eigenvalue weighted by molar-refractivity contribution is -0.179. The Bertz CT molecular complexity index is 1810. The molecular formula is C50H70O16. The monoisotopic (exact) mass is 926 g/mol. The van der Waals surface area contributed by atoms with Crippen LogP contribution in [0.15, 0.2) is 36.5 Å². The van der Waals surface area contributed by atoms with Crippen molar-refractivity contribution < 1.29 is 76.5 Å². The first-order chi connectivity index (χ1) is 31.2. The summed E-state index contributed by atoms with van der Waals surface area (Å²) < 4.78 is 44.6. The van der Waals surface area contributed by atoms with Crippen LogP contribution in [-0.4, -0.2) is 86.3 Å². The van der Waals surface area contributed by atoms with Crippen LogP contribution >= 0.6 is 0 Å². The molecule has 2 unspecified atom stereocenters. The van der Waals surface area contributed by atoms with Gasteiger partial charge in [0.25, 0.3) is 0 Å². The van der Waals surface area contributed by atoms with Crippen LogP contribution in [-0.2, 0) is 57.0 Å². The third-order valence-electron chi connectivity index (χ3n) is 15.7. The molecule has 16 heteroatoms. The molecule has 12 fully saturated rings. The lowest BCUT2D eigenvalue weighted by atomic mass is 9.48. The summed E-state index contributed by atoms with van der Waals surface area (Å²) in [5, 5.41) is 10.6. The van der Waals surface area contributed by atoms with E-state index in [2.05, 4.69) is 24.5 Å². The third-order valence-corrected chi connectivity index (χ3v) is 15.7. The average Bonchev–Trinajstić information content (AvgIpc) is 3.20. The highest BCUT2D eigenvalue weighted by molar-refractivity contribution is 5.87. The van der Waals surface area contributed by atoms with E-state index in [1.165, 1.54) is 85.0 Å². The number of ether oxygens (including phenoxy) is 9. The minimum absolute atomic E-state index is 0.119. The standard InChI is InChI=1S/C17H24O6.C17H24O5.C16H22O5/c1-11(2)14(18)22-10-23-15(19)21-9-16-4-12-3-13(5-16)7-17(20,6-12)8-16;1-11(2)15(18)21-10-22-16(19)20-9-17-6-12-3-13(7-17)5-14(4-12)8-17;1-10(2)14(17)19-9-20-15(18)21-16-6-11-3-12(7-16)5-13(4-11)8-16/h12-13,20H,1,3-10H2,2H3;12-14H,1,3-10H2,2H3;11-13H,1,3-9H2,2H3. The predicted molar refractivity (Wildman–Crippen MR) is 233 cm³/mol. The number of rotatable bonds is 14. The van der Waals surface area contributed by atoms with Crippen LogP contribution in [0.5, 0.6) is 0 Å². The second-order valence-electron chi connectivity index (χ2n) is 22.1. The van der Waals surface area contributed by atoms with Crippen LogP contribution in [0.3, 0.4) is 0 Å². The summed E-state index contributed by atoms with van der Waals surface area (Å²) in [5.74, 6) is 3.88. The number of carbonyl (C=O) groups is 6. The van der Waals surface area contributed by atoms with Crippen LogP contribution in [0.2, 0.25) is 0 Å². The van der Waals surface area contributed by atoms with E-state index >= 15 is 0 Å². The zero-order valence-electron chi connectivity index (χ0n) is 39.1. The Morgan fingerprint density at radius 2 is 0.742 bits per heavy atom. The topological polar surface area (TPSA) is 206 Å². The van der Waals surface area contributed by atoms with Gasteiger partial charge >= 0.3 is 36.4 Å². The van der Waals surface area contributed by atoms with Crippen molar-refractivity contribution in [2.24, 2.45) is 58.2 Å². The van der Waals surface area contributed by atoms with Crippen LogP contribution in [0, 0.1) is 58.2 Å². The highest BCUT2D eigenvalue weighted by atomic mass is 16.8. The van der Waals surface area contributed by atoms with Crippen molar-refractivity contribution in [3.63, 3.8) is 0 Å². The van der Waals surface area contributed by atoms with Gasteiger partial charge in [-0.15, -0.1) is 0 Å². The van der Waals surface area contributed by atoms with E-state index < -0.39 is 62.4 Å². The first kappa shape index (κ1) is 49.3. The third kappa shape index (κ3) is 12.7. The predicted octanol–water partition coefficient (Wildman–Crippen LogP) is 9.17. The molecule has 0 aromatic heterocycles. The van der Waals surface area contributed by atoms with E-state index in [9.17, 15) is 33.9 Å². The average molecular weight is 927 g/mol. The molecule has 0 heterocycles. The molecule has 0 aromatic carbocycles. The van der Waals surface area contributed by atoms with Gasteiger partial charge in [0.05, 0.1) is 5.60 Å². The maximum Gasteiger partial charge on any atom is 0.511 e. The molecule has 0 aliphatic heterocycles. The molecule has 0 saturated heterocycles. The minimum Gasteiger partial charge on any atom is -0.434 e. The second-order valence-corrected chi connectivity index (χ2v) is 22.1. The maximum absolute atomic E-state index is 11.8. The van der Waals surface area contributed by atoms with Crippen molar-refractivity contribution in [1.82, 2.24) is 0 Å². The molecule has 12 bridgehead atoms. The van der Waals surface area contributed by atoms with E-state index in [1.54, 1.807) is 0 Å². The Hall–Kier alpha value is -4.60. The SMILES string of the molecule is C=C(C)C(=O)OCOC(=O)OC12CC3CC(CC(C3)C1)C2.C=C(C)C(=O)OCOC(=O)OCC12CC3CC(CC(C3)C1)C2.C=C(C)C(=O)OCOC(=O)OCC12CC3CC(CC(O)(C3)C1)C2. The highest BCUT2D eigenvalue weighted by Crippen LogP contribution is 2.62. The van der Waals surface area contributed by atoms with Crippen molar-refractivity contribution in [2.75, 3.05) is 33.6 Å². The van der Waals surface area contributed by atoms with Gasteiger partial charge in [0.2, 0.25) is 20.4 Å². The molecule has 0 radical (unpaired) electrons. The molecule has 0 aromatic rings. The Morgan fingerprint density at radius 1 is 0.424 bits per heavy atom. The summed E-state index contributed by atoms with van der Waals surface area (Å²) in [7, 11) is 0. The summed E-state index contributed by atoms with van der Waals surface area (Å²) in [4.78, 5) is 68.6. The molecule has 0 spiro atoms. The Kier molecular flexibility index (Phi) is 15.2. The van der Waals surface area contributed by atoms with Crippen LogP contribution < -0.4 is 0 Å². The molecule has 16 nitrogen and oxygen atoms in total. The summed E-state index contributed by atoms with van der Waals surface area (Å²) in [6.45, 7) is 14.3. The second kappa shape index (κ2) is 20.3.